The average molecular weight is 292 g/mol. The Morgan fingerprint density at radius 2 is 2.06 bits per heavy atom. The van der Waals surface area contributed by atoms with Gasteiger partial charge in [0.15, 0.2) is 0 Å². The maximum atomic E-state index is 13.6. The molecule has 0 radical (unpaired) electrons. The van der Waals surface area contributed by atoms with E-state index in [9.17, 15) is 8.78 Å². The molecule has 0 saturated carbocycles. The van der Waals surface area contributed by atoms with Crippen molar-refractivity contribution in [2.45, 2.75) is 6.54 Å². The van der Waals surface area contributed by atoms with Gasteiger partial charge in [0.2, 0.25) is 0 Å². The van der Waals surface area contributed by atoms with E-state index in [-0.39, 0.29) is 29.1 Å². The van der Waals surface area contributed by atoms with Gasteiger partial charge in [-0.3, -0.25) is 4.90 Å². The minimum Gasteiger partial charge on any atom is -0.396 e. The molecule has 0 bridgehead atoms. The van der Waals surface area contributed by atoms with Gasteiger partial charge in [0, 0.05) is 37.7 Å². The van der Waals surface area contributed by atoms with E-state index < -0.39 is 11.6 Å². The van der Waals surface area contributed by atoms with Gasteiger partial charge in [0.25, 0.3) is 0 Å². The highest BCUT2D eigenvalue weighted by Crippen LogP contribution is 2.25. The Morgan fingerprint density at radius 1 is 1.38 bits per heavy atom. The largest absolute Gasteiger partial charge is 0.396 e. The molecule has 2 rings (SSSR count). The first kappa shape index (κ1) is 12.0. The molecular formula is C11H12BrF2NO. The Bertz CT molecular complexity index is 394. The summed E-state index contributed by atoms with van der Waals surface area (Å²) in [5.74, 6) is -0.807. The van der Waals surface area contributed by atoms with Gasteiger partial charge in [-0.2, -0.15) is 0 Å². The van der Waals surface area contributed by atoms with E-state index in [0.717, 1.165) is 0 Å². The molecule has 16 heavy (non-hydrogen) atoms. The lowest BCUT2D eigenvalue weighted by Gasteiger charge is -2.38. The van der Waals surface area contributed by atoms with Crippen LogP contribution in [0.2, 0.25) is 0 Å². The molecule has 0 atom stereocenters. The summed E-state index contributed by atoms with van der Waals surface area (Å²) in [7, 11) is 0. The number of nitrogens with zero attached hydrogens (tertiary/aromatic N) is 1. The van der Waals surface area contributed by atoms with Crippen LogP contribution in [0.15, 0.2) is 16.6 Å². The summed E-state index contributed by atoms with van der Waals surface area (Å²) in [6, 6.07) is 2.62. The Balaban J connectivity index is 2.07. The molecular weight excluding hydrogens is 280 g/mol. The van der Waals surface area contributed by atoms with Crippen LogP contribution in [0.4, 0.5) is 8.78 Å². The first-order chi connectivity index (χ1) is 7.61. The van der Waals surface area contributed by atoms with Crippen LogP contribution in [0.5, 0.6) is 0 Å². The van der Waals surface area contributed by atoms with Gasteiger partial charge in [-0.1, -0.05) is 0 Å². The third-order valence-electron chi connectivity index (χ3n) is 2.81. The number of likely N-dealkylation sites (tertiary alicyclic amines) is 1. The quantitative estimate of drug-likeness (QED) is 0.863. The summed E-state index contributed by atoms with van der Waals surface area (Å²) in [6.45, 7) is 1.79. The van der Waals surface area contributed by atoms with E-state index in [2.05, 4.69) is 15.9 Å². The predicted octanol–water partition coefficient (Wildman–Crippen LogP) is 2.15. The lowest BCUT2D eigenvalue weighted by molar-refractivity contribution is 0.0462. The molecule has 0 unspecified atom stereocenters. The Hall–Kier alpha value is -0.520. The van der Waals surface area contributed by atoms with Crippen LogP contribution in [-0.2, 0) is 6.54 Å². The molecule has 88 valence electrons. The van der Waals surface area contributed by atoms with Crippen LogP contribution in [-0.4, -0.2) is 29.7 Å². The number of hydrogen-bond donors (Lipinski definition) is 1. The van der Waals surface area contributed by atoms with Crippen LogP contribution < -0.4 is 0 Å². The Morgan fingerprint density at radius 3 is 2.69 bits per heavy atom. The third kappa shape index (κ3) is 2.26. The molecule has 1 aromatic carbocycles. The standard InChI is InChI=1S/C11H12BrF2NO/c12-9-1-2-10(13)8(11(9)14)5-15-3-7(4-15)6-16/h1-2,7,16H,3-6H2. The van der Waals surface area contributed by atoms with Gasteiger partial charge in [-0.15, -0.1) is 0 Å². The second-order valence-corrected chi connectivity index (χ2v) is 4.92. The third-order valence-corrected chi connectivity index (χ3v) is 3.42. The molecule has 1 fully saturated rings. The zero-order chi connectivity index (χ0) is 11.7. The first-order valence-corrected chi connectivity index (χ1v) is 5.86. The molecule has 1 aromatic rings. The fourth-order valence-corrected chi connectivity index (χ4v) is 2.23. The maximum Gasteiger partial charge on any atom is 0.144 e. The molecule has 5 heteroatoms. The Labute approximate surface area is 101 Å². The monoisotopic (exact) mass is 291 g/mol. The van der Waals surface area contributed by atoms with Crippen LogP contribution in [0.25, 0.3) is 0 Å². The SMILES string of the molecule is OCC1CN(Cc2c(F)ccc(Br)c2F)C1. The van der Waals surface area contributed by atoms with E-state index in [4.69, 9.17) is 5.11 Å². The highest BCUT2D eigenvalue weighted by Gasteiger charge is 2.27. The van der Waals surface area contributed by atoms with Gasteiger partial charge in [-0.25, -0.2) is 8.78 Å². The van der Waals surface area contributed by atoms with Crippen molar-refractivity contribution in [3.63, 3.8) is 0 Å². The predicted molar refractivity (Wildman–Crippen MR) is 59.9 cm³/mol. The van der Waals surface area contributed by atoms with E-state index >= 15 is 0 Å². The molecule has 1 heterocycles. The number of aliphatic hydroxyl groups excluding tert-OH is 1. The molecule has 1 aliphatic heterocycles. The van der Waals surface area contributed by atoms with E-state index in [0.29, 0.717) is 13.1 Å². The summed E-state index contributed by atoms with van der Waals surface area (Å²) in [4.78, 5) is 1.91. The lowest BCUT2D eigenvalue weighted by Crippen LogP contribution is -2.47. The first-order valence-electron chi connectivity index (χ1n) is 5.07. The van der Waals surface area contributed by atoms with Crippen molar-refractivity contribution in [3.8, 4) is 0 Å². The highest BCUT2D eigenvalue weighted by molar-refractivity contribution is 9.10. The van der Waals surface area contributed by atoms with Crippen LogP contribution >= 0.6 is 15.9 Å². The van der Waals surface area contributed by atoms with Crippen molar-refractivity contribution in [2.24, 2.45) is 5.92 Å². The molecule has 1 aliphatic rings. The van der Waals surface area contributed by atoms with Gasteiger partial charge >= 0.3 is 0 Å². The van der Waals surface area contributed by atoms with E-state index in [1.807, 2.05) is 4.90 Å². The van der Waals surface area contributed by atoms with Crippen LogP contribution in [0.1, 0.15) is 5.56 Å². The number of aliphatic hydroxyl groups is 1. The number of hydrogen-bond acceptors (Lipinski definition) is 2. The zero-order valence-corrected chi connectivity index (χ0v) is 10.2. The minimum atomic E-state index is -0.535. The number of halogens is 3. The zero-order valence-electron chi connectivity index (χ0n) is 8.59. The molecule has 0 aliphatic carbocycles. The summed E-state index contributed by atoms with van der Waals surface area (Å²) < 4.78 is 27.3. The van der Waals surface area contributed by atoms with Crippen LogP contribution in [0, 0.1) is 17.6 Å². The van der Waals surface area contributed by atoms with Gasteiger partial charge in [-0.05, 0) is 28.1 Å². The minimum absolute atomic E-state index is 0.0887. The van der Waals surface area contributed by atoms with Crippen molar-refractivity contribution >= 4 is 15.9 Å². The molecule has 2 nitrogen and oxygen atoms in total. The summed E-state index contributed by atoms with van der Waals surface area (Å²) >= 11 is 3.04. The van der Waals surface area contributed by atoms with E-state index in [1.54, 1.807) is 0 Å². The molecule has 0 amide bonds. The molecule has 0 aromatic heterocycles. The van der Waals surface area contributed by atoms with Gasteiger partial charge in [0.05, 0.1) is 4.47 Å². The van der Waals surface area contributed by atoms with Crippen molar-refractivity contribution in [3.05, 3.63) is 33.8 Å². The van der Waals surface area contributed by atoms with Gasteiger partial charge < -0.3 is 5.11 Å². The second kappa shape index (κ2) is 4.77. The number of benzene rings is 1. The van der Waals surface area contributed by atoms with Crippen molar-refractivity contribution in [2.75, 3.05) is 19.7 Å². The maximum absolute atomic E-state index is 13.6. The van der Waals surface area contributed by atoms with Gasteiger partial charge in [0.1, 0.15) is 11.6 Å². The molecule has 0 spiro atoms. The second-order valence-electron chi connectivity index (χ2n) is 4.06. The lowest BCUT2D eigenvalue weighted by atomic mass is 10.0. The smallest absolute Gasteiger partial charge is 0.144 e. The van der Waals surface area contributed by atoms with E-state index in [1.165, 1.54) is 12.1 Å². The normalized spacial score (nSPS) is 17.5. The Kier molecular flexibility index (Phi) is 3.56. The fourth-order valence-electron chi connectivity index (χ4n) is 1.86. The highest BCUT2D eigenvalue weighted by atomic mass is 79.9. The van der Waals surface area contributed by atoms with Crippen LogP contribution in [0.3, 0.4) is 0 Å². The fraction of sp³-hybridized carbons (Fsp3) is 0.455. The summed E-state index contributed by atoms with van der Waals surface area (Å²) in [5.41, 5.74) is 0.0887. The van der Waals surface area contributed by atoms with Crippen molar-refractivity contribution < 1.29 is 13.9 Å². The molecule has 1 N–H and O–H groups in total. The van der Waals surface area contributed by atoms with Crippen molar-refractivity contribution in [1.82, 2.24) is 4.90 Å². The molecule has 1 saturated heterocycles. The summed E-state index contributed by atoms with van der Waals surface area (Å²) in [6.07, 6.45) is 0. The number of rotatable bonds is 3. The average Bonchev–Trinajstić information content (AvgIpc) is 2.21. The summed E-state index contributed by atoms with van der Waals surface area (Å²) in [5, 5.41) is 8.84. The topological polar surface area (TPSA) is 23.5 Å². The van der Waals surface area contributed by atoms with Crippen molar-refractivity contribution in [1.29, 1.82) is 0 Å².